The van der Waals surface area contributed by atoms with Gasteiger partial charge in [0.2, 0.25) is 10.0 Å². The minimum absolute atomic E-state index is 0. The summed E-state index contributed by atoms with van der Waals surface area (Å²) in [5, 5.41) is 7.05. The normalized spacial score (nSPS) is 26.4. The molecule has 154 valence electrons. The fourth-order valence-electron chi connectivity index (χ4n) is 4.04. The maximum atomic E-state index is 11.6. The predicted octanol–water partition coefficient (Wildman–Crippen LogP) is 2.66. The molecule has 0 amide bonds. The van der Waals surface area contributed by atoms with Crippen LogP contribution in [0.4, 0.5) is 0 Å². The number of sulfonamides is 1. The summed E-state index contributed by atoms with van der Waals surface area (Å²) in [7, 11) is -1.22. The van der Waals surface area contributed by atoms with Crippen molar-refractivity contribution in [3.63, 3.8) is 0 Å². The van der Waals surface area contributed by atoms with Crippen LogP contribution >= 0.6 is 24.0 Å². The molecule has 2 unspecified atom stereocenters. The lowest BCUT2D eigenvalue weighted by Gasteiger charge is -2.34. The van der Waals surface area contributed by atoms with Crippen molar-refractivity contribution >= 4 is 40.0 Å². The number of rotatable bonds is 5. The summed E-state index contributed by atoms with van der Waals surface area (Å²) in [6, 6.07) is 0.513. The Hall–Kier alpha value is -0.0900. The summed E-state index contributed by atoms with van der Waals surface area (Å²) < 4.78 is 24.8. The molecule has 0 aromatic carbocycles. The second kappa shape index (κ2) is 11.0. The molecule has 1 saturated heterocycles. The van der Waals surface area contributed by atoms with Crippen molar-refractivity contribution in [2.75, 3.05) is 32.9 Å². The standard InChI is InChI=1S/C18H36N4O2S.HI/c1-14(2)16-6-5-7-17(12-16)21-18(19-3)20-13-15-8-10-22(11-9-15)25(4,23)24;/h14-17H,5-13H2,1-4H3,(H2,19,20,21);1H. The number of nitrogens with zero attached hydrogens (tertiary/aromatic N) is 2. The highest BCUT2D eigenvalue weighted by molar-refractivity contribution is 14.0. The third-order valence-electron chi connectivity index (χ3n) is 5.82. The van der Waals surface area contributed by atoms with E-state index in [0.29, 0.717) is 25.0 Å². The predicted molar refractivity (Wildman–Crippen MR) is 120 cm³/mol. The smallest absolute Gasteiger partial charge is 0.211 e. The fourth-order valence-corrected chi connectivity index (χ4v) is 4.91. The average molecular weight is 500 g/mol. The van der Waals surface area contributed by atoms with E-state index in [1.807, 2.05) is 7.05 Å². The molecule has 0 bridgehead atoms. The summed E-state index contributed by atoms with van der Waals surface area (Å²) in [6.45, 7) is 6.77. The van der Waals surface area contributed by atoms with Crippen LogP contribution in [0.15, 0.2) is 4.99 Å². The molecule has 1 saturated carbocycles. The summed E-state index contributed by atoms with van der Waals surface area (Å²) in [4.78, 5) is 4.38. The van der Waals surface area contributed by atoms with Crippen LogP contribution in [0.1, 0.15) is 52.4 Å². The summed E-state index contributed by atoms with van der Waals surface area (Å²) in [5.41, 5.74) is 0. The molecule has 2 rings (SSSR count). The van der Waals surface area contributed by atoms with Crippen LogP contribution in [-0.4, -0.2) is 57.7 Å². The zero-order chi connectivity index (χ0) is 18.4. The topological polar surface area (TPSA) is 73.8 Å². The first-order chi connectivity index (χ1) is 11.8. The Morgan fingerprint density at radius 2 is 1.85 bits per heavy atom. The first-order valence-corrected chi connectivity index (χ1v) is 11.6. The molecule has 8 heteroatoms. The maximum absolute atomic E-state index is 11.6. The molecule has 0 aromatic heterocycles. The Labute approximate surface area is 177 Å². The Morgan fingerprint density at radius 3 is 2.38 bits per heavy atom. The minimum Gasteiger partial charge on any atom is -0.356 e. The quantitative estimate of drug-likeness (QED) is 0.346. The number of guanidine groups is 1. The maximum Gasteiger partial charge on any atom is 0.211 e. The van der Waals surface area contributed by atoms with Crippen LogP contribution in [0.5, 0.6) is 0 Å². The van der Waals surface area contributed by atoms with Gasteiger partial charge in [-0.2, -0.15) is 0 Å². The van der Waals surface area contributed by atoms with Crippen LogP contribution in [0.2, 0.25) is 0 Å². The van der Waals surface area contributed by atoms with Gasteiger partial charge in [0, 0.05) is 32.7 Å². The van der Waals surface area contributed by atoms with E-state index in [9.17, 15) is 8.42 Å². The monoisotopic (exact) mass is 500 g/mol. The molecule has 0 aromatic rings. The van der Waals surface area contributed by atoms with Crippen molar-refractivity contribution in [1.29, 1.82) is 0 Å². The van der Waals surface area contributed by atoms with E-state index in [4.69, 9.17) is 0 Å². The number of nitrogens with one attached hydrogen (secondary N) is 2. The Kier molecular flexibility index (Phi) is 10.2. The van der Waals surface area contributed by atoms with Crippen molar-refractivity contribution in [2.24, 2.45) is 22.7 Å². The Bertz CT molecular complexity index is 545. The number of hydrogen-bond acceptors (Lipinski definition) is 3. The molecule has 2 N–H and O–H groups in total. The van der Waals surface area contributed by atoms with Crippen molar-refractivity contribution in [3.05, 3.63) is 0 Å². The minimum atomic E-state index is -3.04. The summed E-state index contributed by atoms with van der Waals surface area (Å²) in [5.74, 6) is 2.95. The van der Waals surface area contributed by atoms with Crippen LogP contribution in [0.3, 0.4) is 0 Å². The lowest BCUT2D eigenvalue weighted by atomic mass is 9.79. The molecule has 2 fully saturated rings. The fraction of sp³-hybridized carbons (Fsp3) is 0.944. The zero-order valence-electron chi connectivity index (χ0n) is 16.7. The Morgan fingerprint density at radius 1 is 1.19 bits per heavy atom. The van der Waals surface area contributed by atoms with Gasteiger partial charge in [-0.25, -0.2) is 12.7 Å². The van der Waals surface area contributed by atoms with Crippen molar-refractivity contribution in [1.82, 2.24) is 14.9 Å². The van der Waals surface area contributed by atoms with E-state index >= 15 is 0 Å². The van der Waals surface area contributed by atoms with Gasteiger partial charge in [0.15, 0.2) is 5.96 Å². The summed E-state index contributed by atoms with van der Waals surface area (Å²) >= 11 is 0. The van der Waals surface area contributed by atoms with Gasteiger partial charge >= 0.3 is 0 Å². The molecular weight excluding hydrogens is 463 g/mol. The van der Waals surface area contributed by atoms with E-state index in [1.165, 1.54) is 31.9 Å². The molecule has 2 atom stereocenters. The van der Waals surface area contributed by atoms with Crippen LogP contribution in [0, 0.1) is 17.8 Å². The molecule has 6 nitrogen and oxygen atoms in total. The first kappa shape index (κ1) is 23.9. The molecule has 26 heavy (non-hydrogen) atoms. The molecule has 1 aliphatic carbocycles. The van der Waals surface area contributed by atoms with E-state index in [-0.39, 0.29) is 24.0 Å². The van der Waals surface area contributed by atoms with Crippen molar-refractivity contribution < 1.29 is 8.42 Å². The molecular formula is C18H37IN4O2S. The molecule has 1 heterocycles. The highest BCUT2D eigenvalue weighted by Gasteiger charge is 2.26. The molecule has 0 radical (unpaired) electrons. The molecule has 0 spiro atoms. The van der Waals surface area contributed by atoms with Gasteiger partial charge in [-0.1, -0.05) is 26.7 Å². The number of piperidine rings is 1. The largest absolute Gasteiger partial charge is 0.356 e. The lowest BCUT2D eigenvalue weighted by Crippen LogP contribution is -2.48. The third kappa shape index (κ3) is 7.50. The number of halogens is 1. The highest BCUT2D eigenvalue weighted by atomic mass is 127. The zero-order valence-corrected chi connectivity index (χ0v) is 19.8. The number of aliphatic imine (C=N–C) groups is 1. The van der Waals surface area contributed by atoms with Crippen molar-refractivity contribution in [2.45, 2.75) is 58.4 Å². The van der Waals surface area contributed by atoms with Crippen LogP contribution < -0.4 is 10.6 Å². The van der Waals surface area contributed by atoms with E-state index < -0.39 is 10.0 Å². The van der Waals surface area contributed by atoms with Crippen LogP contribution in [0.25, 0.3) is 0 Å². The van der Waals surface area contributed by atoms with Gasteiger partial charge in [0.1, 0.15) is 0 Å². The molecule has 1 aliphatic heterocycles. The molecule has 2 aliphatic rings. The van der Waals surface area contributed by atoms with Gasteiger partial charge in [-0.05, 0) is 43.4 Å². The van der Waals surface area contributed by atoms with E-state index in [1.54, 1.807) is 4.31 Å². The van der Waals surface area contributed by atoms with Gasteiger partial charge in [-0.15, -0.1) is 24.0 Å². The summed E-state index contributed by atoms with van der Waals surface area (Å²) in [6.07, 6.45) is 8.21. The van der Waals surface area contributed by atoms with E-state index in [0.717, 1.165) is 37.2 Å². The van der Waals surface area contributed by atoms with Gasteiger partial charge in [-0.3, -0.25) is 4.99 Å². The van der Waals surface area contributed by atoms with Crippen LogP contribution in [-0.2, 0) is 10.0 Å². The van der Waals surface area contributed by atoms with Gasteiger partial charge < -0.3 is 10.6 Å². The van der Waals surface area contributed by atoms with E-state index in [2.05, 4.69) is 29.5 Å². The first-order valence-electron chi connectivity index (χ1n) is 9.72. The third-order valence-corrected chi connectivity index (χ3v) is 7.13. The average Bonchev–Trinajstić information content (AvgIpc) is 2.58. The lowest BCUT2D eigenvalue weighted by molar-refractivity contribution is 0.243. The Balaban J connectivity index is 0.00000338. The second-order valence-electron chi connectivity index (χ2n) is 8.07. The van der Waals surface area contributed by atoms with Gasteiger partial charge in [0.25, 0.3) is 0 Å². The SMILES string of the molecule is CN=C(NCC1CCN(S(C)(=O)=O)CC1)NC1CCCC(C(C)C)C1.I. The number of hydrogen-bond donors (Lipinski definition) is 2. The second-order valence-corrected chi connectivity index (χ2v) is 10.1. The van der Waals surface area contributed by atoms with Gasteiger partial charge in [0.05, 0.1) is 6.26 Å². The van der Waals surface area contributed by atoms with Crippen molar-refractivity contribution in [3.8, 4) is 0 Å². The highest BCUT2D eigenvalue weighted by Crippen LogP contribution is 2.29.